The highest BCUT2D eigenvalue weighted by molar-refractivity contribution is 7.99. The van der Waals surface area contributed by atoms with E-state index < -0.39 is 0 Å². The molecular formula is C15H17NOS. The molecule has 0 fully saturated rings. The standard InChI is InChI=1S/C15H17NOS/c1-11-5-3-6-12(10-16)15(11)18-14-8-4-7-13(9-14)17-2/h3-9H,10,16H2,1-2H3. The fourth-order valence-electron chi connectivity index (χ4n) is 1.80. The summed E-state index contributed by atoms with van der Waals surface area (Å²) in [5, 5.41) is 0. The Morgan fingerprint density at radius 1 is 1.17 bits per heavy atom. The van der Waals surface area contributed by atoms with Gasteiger partial charge < -0.3 is 10.5 Å². The van der Waals surface area contributed by atoms with Gasteiger partial charge in [-0.1, -0.05) is 36.0 Å². The number of methoxy groups -OCH3 is 1. The molecule has 2 aromatic carbocycles. The first-order valence-corrected chi connectivity index (χ1v) is 6.66. The van der Waals surface area contributed by atoms with Gasteiger partial charge in [0.25, 0.3) is 0 Å². The third-order valence-electron chi connectivity index (χ3n) is 2.77. The SMILES string of the molecule is COc1cccc(Sc2c(C)cccc2CN)c1. The Morgan fingerprint density at radius 3 is 2.67 bits per heavy atom. The van der Waals surface area contributed by atoms with E-state index in [1.54, 1.807) is 18.9 Å². The van der Waals surface area contributed by atoms with Crippen LogP contribution in [0.15, 0.2) is 52.3 Å². The molecule has 18 heavy (non-hydrogen) atoms. The van der Waals surface area contributed by atoms with Gasteiger partial charge in [-0.05, 0) is 36.2 Å². The van der Waals surface area contributed by atoms with Crippen LogP contribution in [0.1, 0.15) is 11.1 Å². The predicted octanol–water partition coefficient (Wildman–Crippen LogP) is 3.61. The predicted molar refractivity (Wildman–Crippen MR) is 76.2 cm³/mol. The number of hydrogen-bond donors (Lipinski definition) is 1. The molecule has 0 saturated heterocycles. The van der Waals surface area contributed by atoms with E-state index in [1.165, 1.54) is 20.9 Å². The molecule has 2 nitrogen and oxygen atoms in total. The van der Waals surface area contributed by atoms with Crippen LogP contribution in [-0.2, 0) is 6.54 Å². The Balaban J connectivity index is 2.33. The Kier molecular flexibility index (Phi) is 4.28. The summed E-state index contributed by atoms with van der Waals surface area (Å²) in [5.41, 5.74) is 8.23. The van der Waals surface area contributed by atoms with Crippen LogP contribution in [0.5, 0.6) is 5.75 Å². The molecule has 0 heterocycles. The molecule has 0 atom stereocenters. The molecule has 0 spiro atoms. The van der Waals surface area contributed by atoms with Gasteiger partial charge in [-0.15, -0.1) is 0 Å². The average Bonchev–Trinajstić information content (AvgIpc) is 2.41. The lowest BCUT2D eigenvalue weighted by Crippen LogP contribution is -1.99. The smallest absolute Gasteiger partial charge is 0.119 e. The van der Waals surface area contributed by atoms with Crippen LogP contribution >= 0.6 is 11.8 Å². The van der Waals surface area contributed by atoms with Crippen molar-refractivity contribution in [1.82, 2.24) is 0 Å². The summed E-state index contributed by atoms with van der Waals surface area (Å²) < 4.78 is 5.24. The molecule has 0 amide bonds. The molecule has 0 aliphatic rings. The second-order valence-electron chi connectivity index (χ2n) is 4.05. The summed E-state index contributed by atoms with van der Waals surface area (Å²) in [5.74, 6) is 0.878. The molecular weight excluding hydrogens is 242 g/mol. The zero-order valence-corrected chi connectivity index (χ0v) is 11.5. The van der Waals surface area contributed by atoms with Crippen molar-refractivity contribution < 1.29 is 4.74 Å². The van der Waals surface area contributed by atoms with Gasteiger partial charge >= 0.3 is 0 Å². The molecule has 3 heteroatoms. The fourth-order valence-corrected chi connectivity index (χ4v) is 2.87. The summed E-state index contributed by atoms with van der Waals surface area (Å²) >= 11 is 1.73. The first-order valence-electron chi connectivity index (χ1n) is 5.85. The molecule has 0 aromatic heterocycles. The molecule has 0 aliphatic heterocycles. The van der Waals surface area contributed by atoms with E-state index >= 15 is 0 Å². The highest BCUT2D eigenvalue weighted by Gasteiger charge is 2.07. The average molecular weight is 259 g/mol. The van der Waals surface area contributed by atoms with Crippen LogP contribution in [0, 0.1) is 6.92 Å². The normalized spacial score (nSPS) is 10.4. The molecule has 0 saturated carbocycles. The van der Waals surface area contributed by atoms with Gasteiger partial charge in [0.05, 0.1) is 7.11 Å². The minimum atomic E-state index is 0.563. The van der Waals surface area contributed by atoms with E-state index in [1.807, 2.05) is 24.3 Å². The van der Waals surface area contributed by atoms with Crippen LogP contribution in [0.2, 0.25) is 0 Å². The van der Waals surface area contributed by atoms with Crippen molar-refractivity contribution in [3.8, 4) is 5.75 Å². The maximum absolute atomic E-state index is 5.79. The Bertz CT molecular complexity index is 540. The monoisotopic (exact) mass is 259 g/mol. The van der Waals surface area contributed by atoms with E-state index in [4.69, 9.17) is 10.5 Å². The highest BCUT2D eigenvalue weighted by atomic mass is 32.2. The molecule has 0 aliphatic carbocycles. The lowest BCUT2D eigenvalue weighted by atomic mass is 10.1. The van der Waals surface area contributed by atoms with Gasteiger partial charge in [0, 0.05) is 16.3 Å². The van der Waals surface area contributed by atoms with E-state index in [-0.39, 0.29) is 0 Å². The zero-order chi connectivity index (χ0) is 13.0. The fraction of sp³-hybridized carbons (Fsp3) is 0.200. The van der Waals surface area contributed by atoms with Crippen molar-refractivity contribution in [2.45, 2.75) is 23.3 Å². The van der Waals surface area contributed by atoms with Gasteiger partial charge in [-0.3, -0.25) is 0 Å². The third kappa shape index (κ3) is 2.86. The maximum Gasteiger partial charge on any atom is 0.119 e. The van der Waals surface area contributed by atoms with Gasteiger partial charge in [0.15, 0.2) is 0 Å². The quantitative estimate of drug-likeness (QED) is 0.911. The second kappa shape index (κ2) is 5.94. The first kappa shape index (κ1) is 13.0. The van der Waals surface area contributed by atoms with Crippen molar-refractivity contribution in [2.75, 3.05) is 7.11 Å². The van der Waals surface area contributed by atoms with Crippen LogP contribution in [0.4, 0.5) is 0 Å². The number of benzene rings is 2. The molecule has 0 radical (unpaired) electrons. The molecule has 2 N–H and O–H groups in total. The topological polar surface area (TPSA) is 35.2 Å². The van der Waals surface area contributed by atoms with Gasteiger partial charge in [-0.25, -0.2) is 0 Å². The minimum absolute atomic E-state index is 0.563. The highest BCUT2D eigenvalue weighted by Crippen LogP contribution is 2.34. The summed E-state index contributed by atoms with van der Waals surface area (Å²) in [4.78, 5) is 2.41. The molecule has 2 rings (SSSR count). The number of rotatable bonds is 4. The Morgan fingerprint density at radius 2 is 1.94 bits per heavy atom. The van der Waals surface area contributed by atoms with Gasteiger partial charge in [0.1, 0.15) is 5.75 Å². The summed E-state index contributed by atoms with van der Waals surface area (Å²) in [6.45, 7) is 2.68. The lowest BCUT2D eigenvalue weighted by Gasteiger charge is -2.11. The largest absolute Gasteiger partial charge is 0.497 e. The lowest BCUT2D eigenvalue weighted by molar-refractivity contribution is 0.413. The Hall–Kier alpha value is -1.45. The minimum Gasteiger partial charge on any atom is -0.497 e. The van der Waals surface area contributed by atoms with E-state index in [0.29, 0.717) is 6.54 Å². The van der Waals surface area contributed by atoms with Crippen LogP contribution in [0.3, 0.4) is 0 Å². The first-order chi connectivity index (χ1) is 8.74. The van der Waals surface area contributed by atoms with Gasteiger partial charge in [-0.2, -0.15) is 0 Å². The molecule has 0 unspecified atom stereocenters. The third-order valence-corrected chi connectivity index (χ3v) is 4.05. The van der Waals surface area contributed by atoms with Crippen molar-refractivity contribution >= 4 is 11.8 Å². The zero-order valence-electron chi connectivity index (χ0n) is 10.6. The van der Waals surface area contributed by atoms with Crippen LogP contribution in [-0.4, -0.2) is 7.11 Å². The van der Waals surface area contributed by atoms with Crippen molar-refractivity contribution in [3.63, 3.8) is 0 Å². The second-order valence-corrected chi connectivity index (χ2v) is 5.13. The number of nitrogens with two attached hydrogens (primary N) is 1. The summed E-state index contributed by atoms with van der Waals surface area (Å²) in [6.07, 6.45) is 0. The van der Waals surface area contributed by atoms with Crippen molar-refractivity contribution in [2.24, 2.45) is 5.73 Å². The van der Waals surface area contributed by atoms with E-state index in [2.05, 4.69) is 25.1 Å². The Labute approximate surface area is 112 Å². The molecule has 0 bridgehead atoms. The van der Waals surface area contributed by atoms with Crippen molar-refractivity contribution in [1.29, 1.82) is 0 Å². The summed E-state index contributed by atoms with van der Waals surface area (Å²) in [7, 11) is 1.68. The van der Waals surface area contributed by atoms with Crippen molar-refractivity contribution in [3.05, 3.63) is 53.6 Å². The summed E-state index contributed by atoms with van der Waals surface area (Å²) in [6, 6.07) is 14.3. The molecule has 94 valence electrons. The van der Waals surface area contributed by atoms with Gasteiger partial charge in [0.2, 0.25) is 0 Å². The van der Waals surface area contributed by atoms with Crippen LogP contribution < -0.4 is 10.5 Å². The number of aryl methyl sites for hydroxylation is 1. The van der Waals surface area contributed by atoms with E-state index in [9.17, 15) is 0 Å². The molecule has 2 aromatic rings. The number of hydrogen-bond acceptors (Lipinski definition) is 3. The maximum atomic E-state index is 5.79. The van der Waals surface area contributed by atoms with Crippen LogP contribution in [0.25, 0.3) is 0 Å². The van der Waals surface area contributed by atoms with E-state index in [0.717, 1.165) is 5.75 Å². The number of ether oxygens (including phenoxy) is 1.